The molecule has 0 bridgehead atoms. The van der Waals surface area contributed by atoms with Crippen molar-refractivity contribution < 1.29 is 13.2 Å². The second-order valence-electron chi connectivity index (χ2n) is 5.49. The van der Waals surface area contributed by atoms with Crippen LogP contribution in [0.2, 0.25) is 0 Å². The molecule has 0 aliphatic rings. The van der Waals surface area contributed by atoms with Gasteiger partial charge in [-0.3, -0.25) is 0 Å². The van der Waals surface area contributed by atoms with E-state index in [1.165, 1.54) is 18.4 Å². The number of rotatable bonds is 6. The molecule has 134 valence electrons. The van der Waals surface area contributed by atoms with Crippen LogP contribution < -0.4 is 15.8 Å². The zero-order valence-electron chi connectivity index (χ0n) is 14.4. The Bertz CT molecular complexity index is 829. The van der Waals surface area contributed by atoms with Crippen molar-refractivity contribution >= 4 is 21.7 Å². The Labute approximate surface area is 148 Å². The summed E-state index contributed by atoms with van der Waals surface area (Å²) in [5, 5.41) is 2.98. The first kappa shape index (κ1) is 18.8. The maximum absolute atomic E-state index is 12.0. The minimum absolute atomic E-state index is 0.245. The van der Waals surface area contributed by atoms with Crippen LogP contribution in [-0.4, -0.2) is 39.9 Å². The summed E-state index contributed by atoms with van der Waals surface area (Å²) in [5.41, 5.74) is 7.53. The third-order valence-electron chi connectivity index (χ3n) is 3.50. The first-order valence-electron chi connectivity index (χ1n) is 7.55. The summed E-state index contributed by atoms with van der Waals surface area (Å²) in [7, 11) is 1.18. The van der Waals surface area contributed by atoms with Crippen molar-refractivity contribution in [3.8, 4) is 5.75 Å². The molecule has 0 unspecified atom stereocenters. The lowest BCUT2D eigenvalue weighted by Gasteiger charge is -2.11. The van der Waals surface area contributed by atoms with Crippen LogP contribution in [0, 0.1) is 0 Å². The van der Waals surface area contributed by atoms with E-state index in [2.05, 4.69) is 10.3 Å². The third kappa shape index (κ3) is 4.94. The summed E-state index contributed by atoms with van der Waals surface area (Å²) in [6, 6.07) is 13.9. The zero-order valence-corrected chi connectivity index (χ0v) is 15.2. The molecule has 0 aliphatic carbocycles. The minimum Gasteiger partial charge on any atom is -0.497 e. The topological polar surface area (TPSA) is 97.0 Å². The number of nitrogens with zero attached hydrogens (tertiary/aromatic N) is 2. The number of aliphatic imine (C=N–C) groups is 1. The van der Waals surface area contributed by atoms with Gasteiger partial charge in [-0.15, -0.1) is 0 Å². The van der Waals surface area contributed by atoms with E-state index in [0.29, 0.717) is 6.54 Å². The van der Waals surface area contributed by atoms with Gasteiger partial charge in [0.1, 0.15) is 5.75 Å². The number of nitrogens with one attached hydrogen (secondary N) is 1. The summed E-state index contributed by atoms with van der Waals surface area (Å²) in [6.07, 6.45) is 0. The number of anilines is 1. The highest BCUT2D eigenvalue weighted by Crippen LogP contribution is 2.16. The normalized spacial score (nSPS) is 12.2. The predicted molar refractivity (Wildman–Crippen MR) is 99.3 cm³/mol. The second-order valence-corrected chi connectivity index (χ2v) is 7.64. The number of guanidine groups is 1. The lowest BCUT2D eigenvalue weighted by atomic mass is 10.2. The van der Waals surface area contributed by atoms with Crippen LogP contribution in [-0.2, 0) is 16.6 Å². The Kier molecular flexibility index (Phi) is 6.00. The van der Waals surface area contributed by atoms with Gasteiger partial charge in [0.2, 0.25) is 10.0 Å². The van der Waals surface area contributed by atoms with E-state index in [0.717, 1.165) is 17.0 Å². The first-order chi connectivity index (χ1) is 11.8. The van der Waals surface area contributed by atoms with E-state index in [9.17, 15) is 8.42 Å². The lowest BCUT2D eigenvalue weighted by Crippen LogP contribution is -2.22. The fraction of sp³-hybridized carbons (Fsp3) is 0.235. The Balaban J connectivity index is 2.00. The Hall–Kier alpha value is -2.58. The van der Waals surface area contributed by atoms with Gasteiger partial charge in [-0.2, -0.15) is 0 Å². The summed E-state index contributed by atoms with van der Waals surface area (Å²) in [6.45, 7) is 0.345. The highest BCUT2D eigenvalue weighted by atomic mass is 32.2. The molecule has 0 amide bonds. The molecule has 0 saturated carbocycles. The highest BCUT2D eigenvalue weighted by molar-refractivity contribution is 7.89. The van der Waals surface area contributed by atoms with Crippen LogP contribution in [0.3, 0.4) is 0 Å². The number of sulfonamides is 1. The molecule has 0 heterocycles. The number of hydrogen-bond donors (Lipinski definition) is 2. The fourth-order valence-corrected chi connectivity index (χ4v) is 2.92. The quantitative estimate of drug-likeness (QED) is 0.604. The molecule has 0 aliphatic heterocycles. The van der Waals surface area contributed by atoms with Crippen molar-refractivity contribution in [3.63, 3.8) is 0 Å². The van der Waals surface area contributed by atoms with Crippen LogP contribution in [0.15, 0.2) is 58.4 Å². The molecule has 0 radical (unpaired) electrons. The van der Waals surface area contributed by atoms with Gasteiger partial charge in [0.25, 0.3) is 0 Å². The largest absolute Gasteiger partial charge is 0.497 e. The summed E-state index contributed by atoms with van der Waals surface area (Å²) in [4.78, 5) is 4.50. The van der Waals surface area contributed by atoms with Gasteiger partial charge in [-0.05, 0) is 42.0 Å². The third-order valence-corrected chi connectivity index (χ3v) is 5.33. The van der Waals surface area contributed by atoms with E-state index in [1.54, 1.807) is 31.4 Å². The highest BCUT2D eigenvalue weighted by Gasteiger charge is 2.16. The zero-order chi connectivity index (χ0) is 18.4. The van der Waals surface area contributed by atoms with Crippen molar-refractivity contribution in [2.24, 2.45) is 10.7 Å². The van der Waals surface area contributed by atoms with Crippen molar-refractivity contribution in [3.05, 3.63) is 54.1 Å². The van der Waals surface area contributed by atoms with Crippen LogP contribution in [0.5, 0.6) is 5.75 Å². The van der Waals surface area contributed by atoms with E-state index >= 15 is 0 Å². The van der Waals surface area contributed by atoms with Crippen molar-refractivity contribution in [1.82, 2.24) is 4.31 Å². The number of benzene rings is 2. The Morgan fingerprint density at radius 3 is 2.24 bits per heavy atom. The molecule has 2 rings (SSSR count). The smallest absolute Gasteiger partial charge is 0.242 e. The van der Waals surface area contributed by atoms with Gasteiger partial charge in [0.05, 0.1) is 18.6 Å². The van der Waals surface area contributed by atoms with Gasteiger partial charge in [-0.1, -0.05) is 12.1 Å². The van der Waals surface area contributed by atoms with Crippen molar-refractivity contribution in [2.75, 3.05) is 26.5 Å². The van der Waals surface area contributed by atoms with Gasteiger partial charge in [0.15, 0.2) is 5.96 Å². The van der Waals surface area contributed by atoms with Crippen LogP contribution in [0.1, 0.15) is 5.56 Å². The molecule has 25 heavy (non-hydrogen) atoms. The molecule has 0 spiro atoms. The molecule has 0 fully saturated rings. The summed E-state index contributed by atoms with van der Waals surface area (Å²) < 4.78 is 30.3. The summed E-state index contributed by atoms with van der Waals surface area (Å²) in [5.74, 6) is 1.03. The predicted octanol–water partition coefficient (Wildman–Crippen LogP) is 1.87. The molecule has 7 nitrogen and oxygen atoms in total. The maximum Gasteiger partial charge on any atom is 0.242 e. The molecular formula is C17H22N4O3S. The molecule has 0 aromatic heterocycles. The molecule has 2 aromatic rings. The Morgan fingerprint density at radius 1 is 1.12 bits per heavy atom. The van der Waals surface area contributed by atoms with Crippen LogP contribution in [0.25, 0.3) is 0 Å². The summed E-state index contributed by atoms with van der Waals surface area (Å²) >= 11 is 0. The number of nitrogens with two attached hydrogens (primary N) is 1. The van der Waals surface area contributed by atoms with Crippen molar-refractivity contribution in [1.29, 1.82) is 0 Å². The van der Waals surface area contributed by atoms with Gasteiger partial charge < -0.3 is 15.8 Å². The number of hydrogen-bond acceptors (Lipinski definition) is 4. The standard InChI is InChI=1S/C17H22N4O3S/c1-21(2)25(22,23)16-10-4-13(5-11-16)12-19-17(18)20-14-6-8-15(24-3)9-7-14/h4-11H,12H2,1-3H3,(H3,18,19,20). The molecule has 3 N–H and O–H groups in total. The average molecular weight is 362 g/mol. The van der Waals surface area contributed by atoms with Crippen LogP contribution in [0.4, 0.5) is 5.69 Å². The minimum atomic E-state index is -3.42. The fourth-order valence-electron chi connectivity index (χ4n) is 2.02. The maximum atomic E-state index is 12.0. The van der Waals surface area contributed by atoms with Gasteiger partial charge in [0, 0.05) is 19.8 Å². The Morgan fingerprint density at radius 2 is 1.72 bits per heavy atom. The molecule has 0 saturated heterocycles. The number of methoxy groups -OCH3 is 1. The van der Waals surface area contributed by atoms with Gasteiger partial charge in [-0.25, -0.2) is 17.7 Å². The molecular weight excluding hydrogens is 340 g/mol. The SMILES string of the molecule is COc1ccc(NC(N)=NCc2ccc(S(=O)(=O)N(C)C)cc2)cc1. The molecule has 0 atom stereocenters. The van der Waals surface area contributed by atoms with Crippen molar-refractivity contribution in [2.45, 2.75) is 11.4 Å². The van der Waals surface area contributed by atoms with Crippen LogP contribution >= 0.6 is 0 Å². The van der Waals surface area contributed by atoms with Gasteiger partial charge >= 0.3 is 0 Å². The first-order valence-corrected chi connectivity index (χ1v) is 8.99. The monoisotopic (exact) mass is 362 g/mol. The molecule has 2 aromatic carbocycles. The van der Waals surface area contributed by atoms with E-state index in [-0.39, 0.29) is 10.9 Å². The lowest BCUT2D eigenvalue weighted by molar-refractivity contribution is 0.415. The van der Waals surface area contributed by atoms with E-state index in [4.69, 9.17) is 10.5 Å². The second kappa shape index (κ2) is 8.00. The average Bonchev–Trinajstić information content (AvgIpc) is 2.61. The van der Waals surface area contributed by atoms with E-state index in [1.807, 2.05) is 24.3 Å². The van der Waals surface area contributed by atoms with E-state index < -0.39 is 10.0 Å². The molecule has 8 heteroatoms. The number of ether oxygens (including phenoxy) is 1.